The van der Waals surface area contributed by atoms with Crippen LogP contribution in [0.15, 0.2) is 60.7 Å². The summed E-state index contributed by atoms with van der Waals surface area (Å²) in [5, 5.41) is 24.5. The molecule has 2 aromatic heterocycles. The Morgan fingerprint density at radius 3 is 2.83 bits per heavy atom. The molecule has 4 N–H and O–H groups in total. The van der Waals surface area contributed by atoms with Gasteiger partial charge in [-0.15, -0.1) is 10.2 Å². The second-order valence-electron chi connectivity index (χ2n) is 7.47. The Morgan fingerprint density at radius 1 is 1.03 bits per heavy atom. The summed E-state index contributed by atoms with van der Waals surface area (Å²) in [4.78, 5) is 0. The molecular formula is C23H22N6S. The van der Waals surface area contributed by atoms with Crippen molar-refractivity contribution in [3.8, 4) is 10.6 Å². The Labute approximate surface area is 178 Å². The highest BCUT2D eigenvalue weighted by Crippen LogP contribution is 2.29. The molecule has 2 heterocycles. The van der Waals surface area contributed by atoms with E-state index in [1.807, 2.05) is 19.1 Å². The molecule has 0 saturated carbocycles. The lowest BCUT2D eigenvalue weighted by Crippen LogP contribution is -2.31. The number of H-pyrrole nitrogens is 1. The highest BCUT2D eigenvalue weighted by molar-refractivity contribution is 7.18. The molecule has 30 heavy (non-hydrogen) atoms. The van der Waals surface area contributed by atoms with E-state index in [9.17, 15) is 0 Å². The van der Waals surface area contributed by atoms with Gasteiger partial charge in [0.1, 0.15) is 5.01 Å². The smallest absolute Gasteiger partial charge is 0.206 e. The lowest BCUT2D eigenvalue weighted by atomic mass is 9.99. The van der Waals surface area contributed by atoms with E-state index in [1.54, 1.807) is 0 Å². The van der Waals surface area contributed by atoms with E-state index in [0.717, 1.165) is 38.7 Å². The maximum absolute atomic E-state index is 6.41. The van der Waals surface area contributed by atoms with Gasteiger partial charge in [0.25, 0.3) is 0 Å². The van der Waals surface area contributed by atoms with Crippen molar-refractivity contribution in [1.29, 1.82) is 0 Å². The second kappa shape index (κ2) is 7.85. The van der Waals surface area contributed by atoms with Crippen molar-refractivity contribution < 1.29 is 0 Å². The molecule has 0 unspecified atom stereocenters. The van der Waals surface area contributed by atoms with Crippen LogP contribution < -0.4 is 11.1 Å². The average molecular weight is 415 g/mol. The third-order valence-electron chi connectivity index (χ3n) is 5.30. The SMILES string of the molecule is Cc1n[nH]c2ccc(-c3nnc(NC[C@H](N)Cc4cccc5ccccc45)s3)cc12. The van der Waals surface area contributed by atoms with Crippen molar-refractivity contribution in [3.63, 3.8) is 0 Å². The number of aromatic amines is 1. The van der Waals surface area contributed by atoms with Crippen LogP contribution in [0.1, 0.15) is 11.3 Å². The van der Waals surface area contributed by atoms with Gasteiger partial charge in [-0.25, -0.2) is 0 Å². The number of rotatable bonds is 6. The van der Waals surface area contributed by atoms with Crippen LogP contribution in [0.5, 0.6) is 0 Å². The third-order valence-corrected chi connectivity index (χ3v) is 6.23. The van der Waals surface area contributed by atoms with Gasteiger partial charge in [0, 0.05) is 23.5 Å². The number of hydrogen-bond acceptors (Lipinski definition) is 6. The van der Waals surface area contributed by atoms with Crippen LogP contribution in [-0.4, -0.2) is 33.0 Å². The van der Waals surface area contributed by atoms with Crippen molar-refractivity contribution in [2.45, 2.75) is 19.4 Å². The first-order valence-corrected chi connectivity index (χ1v) is 10.7. The highest BCUT2D eigenvalue weighted by Gasteiger charge is 2.11. The minimum Gasteiger partial charge on any atom is -0.359 e. The predicted molar refractivity (Wildman–Crippen MR) is 124 cm³/mol. The van der Waals surface area contributed by atoms with Crippen molar-refractivity contribution in [2.75, 3.05) is 11.9 Å². The third kappa shape index (κ3) is 3.65. The zero-order chi connectivity index (χ0) is 20.5. The van der Waals surface area contributed by atoms with Gasteiger partial charge in [-0.1, -0.05) is 53.8 Å². The Balaban J connectivity index is 1.26. The minimum atomic E-state index is -0.0203. The van der Waals surface area contributed by atoms with E-state index in [4.69, 9.17) is 5.73 Å². The fraction of sp³-hybridized carbons (Fsp3) is 0.174. The number of anilines is 1. The molecule has 0 spiro atoms. The van der Waals surface area contributed by atoms with E-state index in [-0.39, 0.29) is 6.04 Å². The maximum atomic E-state index is 6.41. The molecule has 6 nitrogen and oxygen atoms in total. The average Bonchev–Trinajstić information content (AvgIpc) is 3.39. The molecule has 0 radical (unpaired) electrons. The largest absolute Gasteiger partial charge is 0.359 e. The summed E-state index contributed by atoms with van der Waals surface area (Å²) in [5.74, 6) is 0. The van der Waals surface area contributed by atoms with Gasteiger partial charge in [-0.2, -0.15) is 5.10 Å². The Hall–Kier alpha value is -3.29. The summed E-state index contributed by atoms with van der Waals surface area (Å²) >= 11 is 1.53. The molecule has 1 atom stereocenters. The first-order valence-electron chi connectivity index (χ1n) is 9.92. The number of nitrogens with zero attached hydrogens (tertiary/aromatic N) is 3. The number of aromatic nitrogens is 4. The monoisotopic (exact) mass is 414 g/mol. The molecule has 5 aromatic rings. The first kappa shape index (κ1) is 18.7. The van der Waals surface area contributed by atoms with Crippen LogP contribution in [0, 0.1) is 6.92 Å². The number of nitrogens with one attached hydrogen (secondary N) is 2. The van der Waals surface area contributed by atoms with Gasteiger partial charge in [0.2, 0.25) is 5.13 Å². The molecule has 0 aliphatic carbocycles. The van der Waals surface area contributed by atoms with E-state index in [0.29, 0.717) is 6.54 Å². The number of benzene rings is 3. The zero-order valence-corrected chi connectivity index (χ0v) is 17.4. The fourth-order valence-electron chi connectivity index (χ4n) is 3.73. The molecule has 0 fully saturated rings. The summed E-state index contributed by atoms with van der Waals surface area (Å²) in [6.45, 7) is 2.63. The molecule has 7 heteroatoms. The fourth-order valence-corrected chi connectivity index (χ4v) is 4.48. The highest BCUT2D eigenvalue weighted by atomic mass is 32.1. The quantitative estimate of drug-likeness (QED) is 0.380. The van der Waals surface area contributed by atoms with Crippen LogP contribution >= 0.6 is 11.3 Å². The second-order valence-corrected chi connectivity index (χ2v) is 8.44. The van der Waals surface area contributed by atoms with Gasteiger partial charge in [0.05, 0.1) is 11.2 Å². The molecule has 0 saturated heterocycles. The van der Waals surface area contributed by atoms with Crippen molar-refractivity contribution in [1.82, 2.24) is 20.4 Å². The van der Waals surface area contributed by atoms with Crippen LogP contribution in [-0.2, 0) is 6.42 Å². The lowest BCUT2D eigenvalue weighted by molar-refractivity contribution is 0.701. The van der Waals surface area contributed by atoms with Crippen molar-refractivity contribution >= 4 is 38.1 Å². The van der Waals surface area contributed by atoms with Gasteiger partial charge in [0.15, 0.2) is 0 Å². The van der Waals surface area contributed by atoms with Crippen LogP contribution in [0.25, 0.3) is 32.2 Å². The Morgan fingerprint density at radius 2 is 1.90 bits per heavy atom. The summed E-state index contributed by atoms with van der Waals surface area (Å²) in [7, 11) is 0. The van der Waals surface area contributed by atoms with Gasteiger partial charge in [-0.3, -0.25) is 5.10 Å². The van der Waals surface area contributed by atoms with E-state index >= 15 is 0 Å². The number of fused-ring (bicyclic) bond motifs is 2. The van der Waals surface area contributed by atoms with Crippen molar-refractivity contribution in [3.05, 3.63) is 71.9 Å². The molecule has 150 valence electrons. The molecule has 5 rings (SSSR count). The van der Waals surface area contributed by atoms with Crippen LogP contribution in [0.4, 0.5) is 5.13 Å². The Bertz CT molecular complexity index is 1320. The lowest BCUT2D eigenvalue weighted by Gasteiger charge is -2.13. The molecule has 0 aliphatic heterocycles. The van der Waals surface area contributed by atoms with Gasteiger partial charge < -0.3 is 11.1 Å². The summed E-state index contributed by atoms with van der Waals surface area (Å²) < 4.78 is 0. The van der Waals surface area contributed by atoms with Gasteiger partial charge in [-0.05, 0) is 47.9 Å². The molecule has 3 aromatic carbocycles. The number of hydrogen-bond donors (Lipinski definition) is 3. The first-order chi connectivity index (χ1) is 14.7. The van der Waals surface area contributed by atoms with Crippen LogP contribution in [0.3, 0.4) is 0 Å². The number of nitrogens with two attached hydrogens (primary N) is 1. The summed E-state index contributed by atoms with van der Waals surface area (Å²) in [6, 6.07) is 20.9. The zero-order valence-electron chi connectivity index (χ0n) is 16.6. The maximum Gasteiger partial charge on any atom is 0.206 e. The number of aryl methyl sites for hydroxylation is 1. The summed E-state index contributed by atoms with van der Waals surface area (Å²) in [6.07, 6.45) is 0.802. The molecule has 0 aliphatic rings. The van der Waals surface area contributed by atoms with E-state index in [2.05, 4.69) is 74.2 Å². The standard InChI is InChI=1S/C23H22N6S/c1-14-20-12-17(9-10-21(20)27-26-14)22-28-29-23(30-22)25-13-18(24)11-16-7-4-6-15-5-2-3-8-19(15)16/h2-10,12,18H,11,13,24H2,1H3,(H,25,29)(H,26,27)/t18-/m1/s1. The van der Waals surface area contributed by atoms with Gasteiger partial charge >= 0.3 is 0 Å². The summed E-state index contributed by atoms with van der Waals surface area (Å²) in [5.41, 5.74) is 10.7. The minimum absolute atomic E-state index is 0.0203. The molecule has 0 amide bonds. The van der Waals surface area contributed by atoms with Crippen LogP contribution in [0.2, 0.25) is 0 Å². The van der Waals surface area contributed by atoms with E-state index < -0.39 is 0 Å². The molecule has 0 bridgehead atoms. The normalized spacial score (nSPS) is 12.5. The topological polar surface area (TPSA) is 92.5 Å². The predicted octanol–water partition coefficient (Wildman–Crippen LogP) is 4.52. The Kier molecular flexibility index (Phi) is 4.90. The molecular weight excluding hydrogens is 392 g/mol. The van der Waals surface area contributed by atoms with Crippen molar-refractivity contribution in [2.24, 2.45) is 5.73 Å². The van der Waals surface area contributed by atoms with E-state index in [1.165, 1.54) is 27.7 Å².